The maximum Gasteiger partial charge on any atom is 0.0727 e. The second-order valence-corrected chi connectivity index (χ2v) is 5.92. The molecule has 1 aromatic carbocycles. The van der Waals surface area contributed by atoms with Gasteiger partial charge in [-0.25, -0.2) is 0 Å². The Morgan fingerprint density at radius 2 is 2.11 bits per heavy atom. The minimum Gasteiger partial charge on any atom is -0.376 e. The van der Waals surface area contributed by atoms with E-state index in [-0.39, 0.29) is 0 Å². The summed E-state index contributed by atoms with van der Waals surface area (Å²) in [5, 5.41) is 0. The zero-order valence-electron chi connectivity index (χ0n) is 12.1. The fourth-order valence-electron chi connectivity index (χ4n) is 2.07. The van der Waals surface area contributed by atoms with Gasteiger partial charge in [0, 0.05) is 17.6 Å². The fraction of sp³-hybridized carbons (Fsp3) is 0.625. The van der Waals surface area contributed by atoms with Crippen molar-refractivity contribution in [2.75, 3.05) is 6.61 Å². The number of hydrogen-bond acceptors (Lipinski definition) is 2. The Labute approximate surface area is 125 Å². The topological polar surface area (TPSA) is 35.2 Å². The Kier molecular flexibility index (Phi) is 8.35. The van der Waals surface area contributed by atoms with E-state index in [4.69, 9.17) is 10.5 Å². The van der Waals surface area contributed by atoms with E-state index in [1.165, 1.54) is 31.2 Å². The normalized spacial score (nSPS) is 12.6. The molecular formula is C16H26BrNO. The SMILES string of the molecule is CCCCC(CC)COCc1ccc(CN)cc1Br. The number of nitrogens with two attached hydrogens (primary N) is 1. The first kappa shape index (κ1) is 16.7. The molecule has 1 unspecified atom stereocenters. The van der Waals surface area contributed by atoms with Gasteiger partial charge in [-0.05, 0) is 29.5 Å². The molecule has 0 fully saturated rings. The molecule has 1 atom stereocenters. The van der Waals surface area contributed by atoms with Crippen LogP contribution in [0.25, 0.3) is 0 Å². The van der Waals surface area contributed by atoms with Crippen molar-refractivity contribution >= 4 is 15.9 Å². The lowest BCUT2D eigenvalue weighted by Crippen LogP contribution is -2.09. The molecular weight excluding hydrogens is 302 g/mol. The van der Waals surface area contributed by atoms with Gasteiger partial charge in [0.25, 0.3) is 0 Å². The predicted molar refractivity (Wildman–Crippen MR) is 85.0 cm³/mol. The van der Waals surface area contributed by atoms with Crippen molar-refractivity contribution in [1.29, 1.82) is 0 Å². The van der Waals surface area contributed by atoms with Gasteiger partial charge in [-0.15, -0.1) is 0 Å². The smallest absolute Gasteiger partial charge is 0.0727 e. The highest BCUT2D eigenvalue weighted by Gasteiger charge is 2.07. The monoisotopic (exact) mass is 327 g/mol. The molecule has 1 aromatic rings. The highest BCUT2D eigenvalue weighted by atomic mass is 79.9. The lowest BCUT2D eigenvalue weighted by molar-refractivity contribution is 0.0816. The van der Waals surface area contributed by atoms with E-state index in [9.17, 15) is 0 Å². The van der Waals surface area contributed by atoms with Gasteiger partial charge in [-0.3, -0.25) is 0 Å². The van der Waals surface area contributed by atoms with Crippen molar-refractivity contribution in [2.45, 2.75) is 52.7 Å². The largest absolute Gasteiger partial charge is 0.376 e. The Morgan fingerprint density at radius 3 is 2.68 bits per heavy atom. The first-order valence-electron chi connectivity index (χ1n) is 7.26. The average molecular weight is 328 g/mol. The lowest BCUT2D eigenvalue weighted by atomic mass is 10.0. The highest BCUT2D eigenvalue weighted by molar-refractivity contribution is 9.10. The Hall–Kier alpha value is -0.380. The third kappa shape index (κ3) is 6.07. The number of hydrogen-bond donors (Lipinski definition) is 1. The van der Waals surface area contributed by atoms with Crippen LogP contribution in [0.15, 0.2) is 22.7 Å². The van der Waals surface area contributed by atoms with Gasteiger partial charge in [0.2, 0.25) is 0 Å². The molecule has 0 heterocycles. The quantitative estimate of drug-likeness (QED) is 0.717. The number of unbranched alkanes of at least 4 members (excludes halogenated alkanes) is 1. The lowest BCUT2D eigenvalue weighted by Gasteiger charge is -2.15. The summed E-state index contributed by atoms with van der Waals surface area (Å²) in [5.41, 5.74) is 7.96. The van der Waals surface area contributed by atoms with Crippen molar-refractivity contribution in [2.24, 2.45) is 11.7 Å². The molecule has 19 heavy (non-hydrogen) atoms. The van der Waals surface area contributed by atoms with Crippen LogP contribution in [0.1, 0.15) is 50.7 Å². The third-order valence-electron chi connectivity index (χ3n) is 3.51. The molecule has 1 rings (SSSR count). The number of rotatable bonds is 9. The molecule has 0 spiro atoms. The second kappa shape index (κ2) is 9.51. The zero-order chi connectivity index (χ0) is 14.1. The fourth-order valence-corrected chi connectivity index (χ4v) is 2.61. The van der Waals surface area contributed by atoms with Crippen LogP contribution in [-0.4, -0.2) is 6.61 Å². The van der Waals surface area contributed by atoms with Gasteiger partial charge >= 0.3 is 0 Å². The first-order valence-corrected chi connectivity index (χ1v) is 8.05. The summed E-state index contributed by atoms with van der Waals surface area (Å²) in [6.07, 6.45) is 5.05. The summed E-state index contributed by atoms with van der Waals surface area (Å²) in [6.45, 7) is 6.60. The predicted octanol–water partition coefficient (Wildman–Crippen LogP) is 4.64. The summed E-state index contributed by atoms with van der Waals surface area (Å²) < 4.78 is 6.96. The van der Waals surface area contributed by atoms with Crippen LogP contribution in [-0.2, 0) is 17.9 Å². The standard InChI is InChI=1S/C16H26BrNO/c1-3-5-6-13(4-2)11-19-12-15-8-7-14(10-18)9-16(15)17/h7-9,13H,3-6,10-12,18H2,1-2H3. The van der Waals surface area contributed by atoms with Crippen molar-refractivity contribution < 1.29 is 4.74 Å². The number of halogens is 1. The van der Waals surface area contributed by atoms with Crippen LogP contribution in [0.4, 0.5) is 0 Å². The molecule has 0 aliphatic carbocycles. The van der Waals surface area contributed by atoms with Crippen molar-refractivity contribution in [3.8, 4) is 0 Å². The molecule has 2 nitrogen and oxygen atoms in total. The zero-order valence-corrected chi connectivity index (χ0v) is 13.7. The number of benzene rings is 1. The van der Waals surface area contributed by atoms with Gasteiger partial charge in [0.1, 0.15) is 0 Å². The Bertz CT molecular complexity index is 368. The van der Waals surface area contributed by atoms with Crippen LogP contribution in [0.3, 0.4) is 0 Å². The van der Waals surface area contributed by atoms with E-state index in [0.717, 1.165) is 16.6 Å². The van der Waals surface area contributed by atoms with E-state index in [0.29, 0.717) is 19.1 Å². The Balaban J connectivity index is 2.39. The Morgan fingerprint density at radius 1 is 1.32 bits per heavy atom. The molecule has 0 aromatic heterocycles. The van der Waals surface area contributed by atoms with Gasteiger partial charge in [-0.1, -0.05) is 61.2 Å². The highest BCUT2D eigenvalue weighted by Crippen LogP contribution is 2.20. The summed E-state index contributed by atoms with van der Waals surface area (Å²) in [4.78, 5) is 0. The van der Waals surface area contributed by atoms with E-state index in [2.05, 4.69) is 48.0 Å². The minimum atomic E-state index is 0.578. The summed E-state index contributed by atoms with van der Waals surface area (Å²) in [6, 6.07) is 6.24. The first-order chi connectivity index (χ1) is 9.21. The molecule has 0 saturated heterocycles. The van der Waals surface area contributed by atoms with Gasteiger partial charge in [-0.2, -0.15) is 0 Å². The summed E-state index contributed by atoms with van der Waals surface area (Å²) in [5.74, 6) is 0.696. The molecule has 0 bridgehead atoms. The molecule has 0 saturated carbocycles. The van der Waals surface area contributed by atoms with Crippen molar-refractivity contribution in [3.63, 3.8) is 0 Å². The van der Waals surface area contributed by atoms with Crippen molar-refractivity contribution in [1.82, 2.24) is 0 Å². The maximum absolute atomic E-state index is 5.86. The van der Waals surface area contributed by atoms with Crippen LogP contribution in [0.5, 0.6) is 0 Å². The van der Waals surface area contributed by atoms with E-state index < -0.39 is 0 Å². The molecule has 0 radical (unpaired) electrons. The van der Waals surface area contributed by atoms with Crippen molar-refractivity contribution in [3.05, 3.63) is 33.8 Å². The minimum absolute atomic E-state index is 0.578. The molecule has 108 valence electrons. The molecule has 0 aliphatic rings. The molecule has 2 N–H and O–H groups in total. The number of ether oxygens (including phenoxy) is 1. The molecule has 3 heteroatoms. The third-order valence-corrected chi connectivity index (χ3v) is 4.25. The maximum atomic E-state index is 5.86. The van der Waals surface area contributed by atoms with E-state index in [1.807, 2.05) is 0 Å². The van der Waals surface area contributed by atoms with Crippen LogP contribution in [0, 0.1) is 5.92 Å². The van der Waals surface area contributed by atoms with Gasteiger partial charge in [0.15, 0.2) is 0 Å². The van der Waals surface area contributed by atoms with Gasteiger partial charge in [0.05, 0.1) is 6.61 Å². The summed E-state index contributed by atoms with van der Waals surface area (Å²) >= 11 is 3.58. The van der Waals surface area contributed by atoms with E-state index in [1.54, 1.807) is 0 Å². The van der Waals surface area contributed by atoms with Crippen LogP contribution in [0.2, 0.25) is 0 Å². The second-order valence-electron chi connectivity index (χ2n) is 5.06. The molecule has 0 aliphatic heterocycles. The van der Waals surface area contributed by atoms with Crippen LogP contribution < -0.4 is 5.73 Å². The van der Waals surface area contributed by atoms with E-state index >= 15 is 0 Å². The van der Waals surface area contributed by atoms with Gasteiger partial charge < -0.3 is 10.5 Å². The van der Waals surface area contributed by atoms with Crippen LogP contribution >= 0.6 is 15.9 Å². The molecule has 0 amide bonds. The average Bonchev–Trinajstić information content (AvgIpc) is 2.44. The summed E-state index contributed by atoms with van der Waals surface area (Å²) in [7, 11) is 0.